The van der Waals surface area contributed by atoms with E-state index in [0.29, 0.717) is 12.2 Å². The summed E-state index contributed by atoms with van der Waals surface area (Å²) >= 11 is 0. The van der Waals surface area contributed by atoms with E-state index in [9.17, 15) is 4.79 Å². The number of ketones is 1. The summed E-state index contributed by atoms with van der Waals surface area (Å²) < 4.78 is 5.38. The largest absolute Gasteiger partial charge is 0.490 e. The van der Waals surface area contributed by atoms with Crippen molar-refractivity contribution in [2.45, 2.75) is 33.1 Å². The molecule has 0 radical (unpaired) electrons. The number of rotatable bonds is 0. The second-order valence-electron chi connectivity index (χ2n) is 4.24. The summed E-state index contributed by atoms with van der Waals surface area (Å²) in [5, 5.41) is 0. The van der Waals surface area contributed by atoms with Gasteiger partial charge < -0.3 is 4.74 Å². The fourth-order valence-electron chi connectivity index (χ4n) is 2.11. The Morgan fingerprint density at radius 3 is 2.83 bits per heavy atom. The molecule has 0 bridgehead atoms. The van der Waals surface area contributed by atoms with Crippen LogP contribution in [0.4, 0.5) is 0 Å². The van der Waals surface area contributed by atoms with Gasteiger partial charge >= 0.3 is 0 Å². The van der Waals surface area contributed by atoms with Gasteiger partial charge in [0.05, 0.1) is 6.61 Å². The van der Waals surface area contributed by atoms with E-state index in [1.54, 1.807) is 0 Å². The Hall–Kier alpha value is -0.790. The average molecular weight is 166 g/mol. The fourth-order valence-corrected chi connectivity index (χ4v) is 2.11. The van der Waals surface area contributed by atoms with Crippen LogP contribution in [0.25, 0.3) is 0 Å². The van der Waals surface area contributed by atoms with Gasteiger partial charge in [-0.2, -0.15) is 0 Å². The first-order valence-corrected chi connectivity index (χ1v) is 4.51. The molecule has 2 rings (SSSR count). The number of hydrogen-bond acceptors (Lipinski definition) is 2. The second kappa shape index (κ2) is 2.35. The lowest BCUT2D eigenvalue weighted by molar-refractivity contribution is -0.118. The Bertz CT molecular complexity index is 261. The molecule has 1 aliphatic heterocycles. The van der Waals surface area contributed by atoms with Crippen LogP contribution < -0.4 is 0 Å². The van der Waals surface area contributed by atoms with Gasteiger partial charge in [-0.25, -0.2) is 0 Å². The lowest BCUT2D eigenvalue weighted by Gasteiger charge is -2.23. The second-order valence-corrected chi connectivity index (χ2v) is 4.24. The van der Waals surface area contributed by atoms with Gasteiger partial charge in [-0.05, 0) is 23.8 Å². The van der Waals surface area contributed by atoms with Crippen molar-refractivity contribution in [2.75, 3.05) is 6.61 Å². The molecular weight excluding hydrogens is 152 g/mol. The van der Waals surface area contributed by atoms with Crippen LogP contribution >= 0.6 is 0 Å². The maximum Gasteiger partial charge on any atom is 0.198 e. The van der Waals surface area contributed by atoms with Crippen LogP contribution in [0.5, 0.6) is 0 Å². The van der Waals surface area contributed by atoms with Crippen LogP contribution in [0.15, 0.2) is 11.3 Å². The Morgan fingerprint density at radius 1 is 1.42 bits per heavy atom. The number of allylic oxidation sites excluding steroid dienone is 2. The van der Waals surface area contributed by atoms with E-state index in [2.05, 4.69) is 13.8 Å². The number of carbonyl (C=O) groups is 1. The maximum absolute atomic E-state index is 11.4. The Kier molecular flexibility index (Phi) is 1.53. The van der Waals surface area contributed by atoms with Crippen molar-refractivity contribution in [1.29, 1.82) is 0 Å². The van der Waals surface area contributed by atoms with Crippen LogP contribution in [0.3, 0.4) is 0 Å². The van der Waals surface area contributed by atoms with Crippen LogP contribution in [0.2, 0.25) is 0 Å². The third-order valence-corrected chi connectivity index (χ3v) is 2.76. The summed E-state index contributed by atoms with van der Waals surface area (Å²) in [6, 6.07) is 0. The van der Waals surface area contributed by atoms with Crippen LogP contribution in [-0.2, 0) is 9.53 Å². The highest BCUT2D eigenvalue weighted by Gasteiger charge is 2.40. The molecule has 66 valence electrons. The zero-order chi connectivity index (χ0) is 8.77. The normalized spacial score (nSPS) is 27.0. The lowest BCUT2D eigenvalue weighted by atomic mass is 9.83. The third kappa shape index (κ3) is 0.977. The van der Waals surface area contributed by atoms with E-state index >= 15 is 0 Å². The van der Waals surface area contributed by atoms with Gasteiger partial charge in [0.25, 0.3) is 0 Å². The van der Waals surface area contributed by atoms with E-state index in [0.717, 1.165) is 19.4 Å². The highest BCUT2D eigenvalue weighted by atomic mass is 16.5. The van der Waals surface area contributed by atoms with Gasteiger partial charge in [0.15, 0.2) is 11.5 Å². The van der Waals surface area contributed by atoms with Crippen LogP contribution in [-0.4, -0.2) is 12.4 Å². The first-order valence-electron chi connectivity index (χ1n) is 4.51. The van der Waals surface area contributed by atoms with Gasteiger partial charge in [-0.1, -0.05) is 13.8 Å². The summed E-state index contributed by atoms with van der Waals surface area (Å²) in [4.78, 5) is 11.4. The van der Waals surface area contributed by atoms with Crippen LogP contribution in [0, 0.1) is 5.41 Å². The predicted octanol–water partition coefficient (Wildman–Crippen LogP) is 2.05. The minimum absolute atomic E-state index is 0.0623. The molecule has 0 saturated heterocycles. The lowest BCUT2D eigenvalue weighted by Crippen LogP contribution is -2.13. The molecule has 0 amide bonds. The summed E-state index contributed by atoms with van der Waals surface area (Å²) in [5.41, 5.74) is 1.31. The minimum Gasteiger partial charge on any atom is -0.490 e. The van der Waals surface area contributed by atoms with Crippen molar-refractivity contribution < 1.29 is 9.53 Å². The molecule has 1 heterocycles. The fraction of sp³-hybridized carbons (Fsp3) is 0.700. The van der Waals surface area contributed by atoms with E-state index < -0.39 is 0 Å². The Balaban J connectivity index is 2.41. The molecule has 2 nitrogen and oxygen atoms in total. The van der Waals surface area contributed by atoms with Crippen LogP contribution in [0.1, 0.15) is 33.1 Å². The molecular formula is C10H14O2. The standard InChI is InChI=1S/C10H14O2/c1-10(2)6-8(11)9-7(10)4-3-5-12-9/h3-6H2,1-2H3. The summed E-state index contributed by atoms with van der Waals surface area (Å²) in [7, 11) is 0. The SMILES string of the molecule is CC1(C)CC(=O)C2=C1CCCO2. The molecule has 0 aromatic carbocycles. The highest BCUT2D eigenvalue weighted by molar-refractivity contribution is 5.98. The van der Waals surface area contributed by atoms with Crippen molar-refractivity contribution in [3.05, 3.63) is 11.3 Å². The molecule has 0 aromatic rings. The van der Waals surface area contributed by atoms with Gasteiger partial charge in [0, 0.05) is 6.42 Å². The van der Waals surface area contributed by atoms with Gasteiger partial charge in [-0.3, -0.25) is 4.79 Å². The molecule has 0 saturated carbocycles. The first kappa shape index (κ1) is 7.84. The zero-order valence-electron chi connectivity index (χ0n) is 7.64. The monoisotopic (exact) mass is 166 g/mol. The van der Waals surface area contributed by atoms with Crippen molar-refractivity contribution in [2.24, 2.45) is 5.41 Å². The van der Waals surface area contributed by atoms with E-state index in [1.807, 2.05) is 0 Å². The number of Topliss-reactive ketones (excluding diaryl/α,β-unsaturated/α-hetero) is 1. The first-order chi connectivity index (χ1) is 5.61. The molecule has 0 spiro atoms. The summed E-state index contributed by atoms with van der Waals surface area (Å²) in [5.74, 6) is 0.890. The number of carbonyl (C=O) groups excluding carboxylic acids is 1. The van der Waals surface area contributed by atoms with Gasteiger partial charge in [0.2, 0.25) is 0 Å². The topological polar surface area (TPSA) is 26.3 Å². The van der Waals surface area contributed by atoms with Crippen molar-refractivity contribution in [3.8, 4) is 0 Å². The molecule has 0 fully saturated rings. The van der Waals surface area contributed by atoms with Crippen molar-refractivity contribution >= 4 is 5.78 Å². The molecule has 2 heteroatoms. The van der Waals surface area contributed by atoms with E-state index in [-0.39, 0.29) is 11.2 Å². The molecule has 1 aliphatic carbocycles. The van der Waals surface area contributed by atoms with Gasteiger partial charge in [-0.15, -0.1) is 0 Å². The molecule has 2 aliphatic rings. The van der Waals surface area contributed by atoms with Crippen molar-refractivity contribution in [1.82, 2.24) is 0 Å². The molecule has 0 N–H and O–H groups in total. The predicted molar refractivity (Wildman–Crippen MR) is 45.6 cm³/mol. The molecule has 0 unspecified atom stereocenters. The summed E-state index contributed by atoms with van der Waals surface area (Å²) in [6.45, 7) is 4.98. The van der Waals surface area contributed by atoms with Gasteiger partial charge in [0.1, 0.15) is 0 Å². The quantitative estimate of drug-likeness (QED) is 0.550. The molecule has 0 atom stereocenters. The Morgan fingerprint density at radius 2 is 2.17 bits per heavy atom. The molecule has 0 aromatic heterocycles. The van der Waals surface area contributed by atoms with E-state index in [1.165, 1.54) is 5.57 Å². The Labute approximate surface area is 72.6 Å². The molecule has 12 heavy (non-hydrogen) atoms. The maximum atomic E-state index is 11.4. The highest BCUT2D eigenvalue weighted by Crippen LogP contribution is 2.44. The number of ether oxygens (including phenoxy) is 1. The third-order valence-electron chi connectivity index (χ3n) is 2.76. The minimum atomic E-state index is 0.0623. The van der Waals surface area contributed by atoms with E-state index in [4.69, 9.17) is 4.74 Å². The average Bonchev–Trinajstić information content (AvgIpc) is 2.25. The zero-order valence-corrected chi connectivity index (χ0v) is 7.64. The number of hydrogen-bond donors (Lipinski definition) is 0. The van der Waals surface area contributed by atoms with Crippen molar-refractivity contribution in [3.63, 3.8) is 0 Å². The summed E-state index contributed by atoms with van der Waals surface area (Å²) in [6.07, 6.45) is 2.75. The smallest absolute Gasteiger partial charge is 0.198 e.